The summed E-state index contributed by atoms with van der Waals surface area (Å²) in [5, 5.41) is 0. The van der Waals surface area contributed by atoms with Crippen LogP contribution in [0.1, 0.15) is 432 Å². The van der Waals surface area contributed by atoms with E-state index in [1.165, 1.54) is 321 Å². The first-order valence-corrected chi connectivity index (χ1v) is 37.8. The van der Waals surface area contributed by atoms with Crippen molar-refractivity contribution in [3.63, 3.8) is 0 Å². The molecule has 0 rings (SSSR count). The standard InChI is InChI=1S/C77H146O6/c1-4-7-10-13-16-19-22-25-28-30-32-33-34-35-36-37-38-39-40-41-42-43-44-45-46-48-49-52-55-58-61-64-67-70-76(79)82-73-74(72-81-75(78)69-66-63-60-57-54-51-27-24-21-18-15-12-9-6-3)83-77(80)71-68-65-62-59-56-53-50-47-31-29-26-23-20-17-14-11-8-5-2/h20,23,29,31,74H,4-19,21-22,24-28,30,32-73H2,1-3H3/b23-20-,31-29-. The molecular formula is C77H146O6. The van der Waals surface area contributed by atoms with Crippen molar-refractivity contribution in [2.75, 3.05) is 13.2 Å². The molecule has 0 N–H and O–H groups in total. The first kappa shape index (κ1) is 80.9. The Hall–Kier alpha value is -2.11. The van der Waals surface area contributed by atoms with E-state index in [0.717, 1.165) is 70.6 Å². The smallest absolute Gasteiger partial charge is 0.306 e. The van der Waals surface area contributed by atoms with Crippen LogP contribution in [0.5, 0.6) is 0 Å². The van der Waals surface area contributed by atoms with Crippen LogP contribution in [0.4, 0.5) is 0 Å². The molecule has 0 aliphatic heterocycles. The molecule has 0 radical (unpaired) electrons. The molecule has 490 valence electrons. The van der Waals surface area contributed by atoms with Crippen LogP contribution >= 0.6 is 0 Å². The van der Waals surface area contributed by atoms with E-state index >= 15 is 0 Å². The van der Waals surface area contributed by atoms with Gasteiger partial charge in [0.25, 0.3) is 0 Å². The summed E-state index contributed by atoms with van der Waals surface area (Å²) in [6, 6.07) is 0. The number of ether oxygens (including phenoxy) is 3. The molecule has 0 fully saturated rings. The Labute approximate surface area is 519 Å². The number of hydrogen-bond acceptors (Lipinski definition) is 6. The lowest BCUT2D eigenvalue weighted by Gasteiger charge is -2.18. The van der Waals surface area contributed by atoms with E-state index in [-0.39, 0.29) is 31.1 Å². The van der Waals surface area contributed by atoms with Gasteiger partial charge in [-0.05, 0) is 51.4 Å². The Morgan fingerprint density at radius 2 is 0.434 bits per heavy atom. The molecule has 0 bridgehead atoms. The van der Waals surface area contributed by atoms with E-state index in [1.807, 2.05) is 0 Å². The van der Waals surface area contributed by atoms with Gasteiger partial charge in [0, 0.05) is 19.3 Å². The maximum absolute atomic E-state index is 12.9. The summed E-state index contributed by atoms with van der Waals surface area (Å²) in [5.41, 5.74) is 0. The Morgan fingerprint density at radius 3 is 0.675 bits per heavy atom. The summed E-state index contributed by atoms with van der Waals surface area (Å²) in [7, 11) is 0. The van der Waals surface area contributed by atoms with Gasteiger partial charge in [0.2, 0.25) is 0 Å². The third kappa shape index (κ3) is 70.5. The van der Waals surface area contributed by atoms with Crippen molar-refractivity contribution < 1.29 is 28.6 Å². The molecule has 0 aromatic heterocycles. The van der Waals surface area contributed by atoms with Gasteiger partial charge >= 0.3 is 17.9 Å². The largest absolute Gasteiger partial charge is 0.462 e. The number of rotatable bonds is 71. The van der Waals surface area contributed by atoms with Gasteiger partial charge in [0.1, 0.15) is 13.2 Å². The molecule has 0 aromatic carbocycles. The lowest BCUT2D eigenvalue weighted by molar-refractivity contribution is -0.167. The molecule has 0 saturated carbocycles. The van der Waals surface area contributed by atoms with Crippen molar-refractivity contribution >= 4 is 17.9 Å². The number of hydrogen-bond donors (Lipinski definition) is 0. The molecule has 83 heavy (non-hydrogen) atoms. The van der Waals surface area contributed by atoms with E-state index in [1.54, 1.807) is 0 Å². The Bertz CT molecular complexity index is 1340. The highest BCUT2D eigenvalue weighted by Gasteiger charge is 2.20. The summed E-state index contributed by atoms with van der Waals surface area (Å²) in [6.07, 6.45) is 89.5. The van der Waals surface area contributed by atoms with Gasteiger partial charge in [-0.2, -0.15) is 0 Å². The molecule has 6 heteroatoms. The Kier molecular flexibility index (Phi) is 70.5. The van der Waals surface area contributed by atoms with Gasteiger partial charge in [-0.1, -0.05) is 385 Å². The van der Waals surface area contributed by atoms with Gasteiger partial charge in [-0.15, -0.1) is 0 Å². The Morgan fingerprint density at radius 1 is 0.241 bits per heavy atom. The molecule has 0 aliphatic rings. The summed E-state index contributed by atoms with van der Waals surface area (Å²) in [6.45, 7) is 6.70. The predicted octanol–water partition coefficient (Wildman–Crippen LogP) is 26.1. The van der Waals surface area contributed by atoms with E-state index < -0.39 is 6.10 Å². The molecule has 0 heterocycles. The van der Waals surface area contributed by atoms with E-state index in [4.69, 9.17) is 14.2 Å². The lowest BCUT2D eigenvalue weighted by Crippen LogP contribution is -2.30. The normalized spacial score (nSPS) is 12.1. The summed E-state index contributed by atoms with van der Waals surface area (Å²) in [5.74, 6) is -0.842. The van der Waals surface area contributed by atoms with Crippen LogP contribution in [0.3, 0.4) is 0 Å². The van der Waals surface area contributed by atoms with E-state index in [9.17, 15) is 14.4 Å². The van der Waals surface area contributed by atoms with Crippen molar-refractivity contribution in [1.82, 2.24) is 0 Å². The van der Waals surface area contributed by atoms with E-state index in [2.05, 4.69) is 45.1 Å². The number of esters is 3. The second-order valence-electron chi connectivity index (χ2n) is 25.9. The molecule has 0 aliphatic carbocycles. The molecule has 6 nitrogen and oxygen atoms in total. The molecule has 1 atom stereocenters. The monoisotopic (exact) mass is 1170 g/mol. The second-order valence-corrected chi connectivity index (χ2v) is 25.9. The Balaban J connectivity index is 4.11. The summed E-state index contributed by atoms with van der Waals surface area (Å²) >= 11 is 0. The minimum Gasteiger partial charge on any atom is -0.462 e. The molecule has 1 unspecified atom stereocenters. The zero-order chi connectivity index (χ0) is 59.9. The van der Waals surface area contributed by atoms with E-state index in [0.29, 0.717) is 19.3 Å². The van der Waals surface area contributed by atoms with Crippen LogP contribution < -0.4 is 0 Å². The zero-order valence-corrected chi connectivity index (χ0v) is 56.5. The van der Waals surface area contributed by atoms with Gasteiger partial charge in [-0.3, -0.25) is 14.4 Å². The fourth-order valence-electron chi connectivity index (χ4n) is 11.8. The highest BCUT2D eigenvalue weighted by atomic mass is 16.6. The van der Waals surface area contributed by atoms with Crippen LogP contribution in [0.25, 0.3) is 0 Å². The fourth-order valence-corrected chi connectivity index (χ4v) is 11.8. The third-order valence-electron chi connectivity index (χ3n) is 17.5. The number of carbonyl (C=O) groups excluding carboxylic acids is 3. The van der Waals surface area contributed by atoms with Crippen molar-refractivity contribution in [3.05, 3.63) is 24.3 Å². The fraction of sp³-hybridized carbons (Fsp3) is 0.909. The number of allylic oxidation sites excluding steroid dienone is 4. The van der Waals surface area contributed by atoms with Crippen LogP contribution in [0.15, 0.2) is 24.3 Å². The lowest BCUT2D eigenvalue weighted by atomic mass is 10.0. The molecule has 0 spiro atoms. The average Bonchev–Trinajstić information content (AvgIpc) is 3.49. The quantitative estimate of drug-likeness (QED) is 0.0261. The van der Waals surface area contributed by atoms with Crippen molar-refractivity contribution in [2.24, 2.45) is 0 Å². The van der Waals surface area contributed by atoms with Crippen molar-refractivity contribution in [1.29, 1.82) is 0 Å². The van der Waals surface area contributed by atoms with Crippen molar-refractivity contribution in [2.45, 2.75) is 438 Å². The van der Waals surface area contributed by atoms with Gasteiger partial charge in [0.05, 0.1) is 0 Å². The maximum Gasteiger partial charge on any atom is 0.306 e. The molecule has 0 saturated heterocycles. The van der Waals surface area contributed by atoms with Gasteiger partial charge in [0.15, 0.2) is 6.10 Å². The first-order chi connectivity index (χ1) is 41.0. The molecular weight excluding hydrogens is 1020 g/mol. The van der Waals surface area contributed by atoms with Gasteiger partial charge < -0.3 is 14.2 Å². The highest BCUT2D eigenvalue weighted by Crippen LogP contribution is 2.20. The minimum atomic E-state index is -0.773. The summed E-state index contributed by atoms with van der Waals surface area (Å²) in [4.78, 5) is 38.4. The third-order valence-corrected chi connectivity index (χ3v) is 17.5. The van der Waals surface area contributed by atoms with Crippen LogP contribution in [0, 0.1) is 0 Å². The van der Waals surface area contributed by atoms with Crippen LogP contribution in [0.2, 0.25) is 0 Å². The first-order valence-electron chi connectivity index (χ1n) is 37.8. The number of unbranched alkanes of at least 4 members (excludes halogenated alkanes) is 56. The summed E-state index contributed by atoms with van der Waals surface area (Å²) < 4.78 is 17.0. The minimum absolute atomic E-state index is 0.0681. The van der Waals surface area contributed by atoms with Gasteiger partial charge in [-0.25, -0.2) is 0 Å². The molecule has 0 aromatic rings. The zero-order valence-electron chi connectivity index (χ0n) is 56.5. The highest BCUT2D eigenvalue weighted by molar-refractivity contribution is 5.71. The maximum atomic E-state index is 12.9. The molecule has 0 amide bonds. The van der Waals surface area contributed by atoms with Crippen LogP contribution in [-0.4, -0.2) is 37.2 Å². The average molecular weight is 1170 g/mol. The predicted molar refractivity (Wildman–Crippen MR) is 363 cm³/mol. The topological polar surface area (TPSA) is 78.9 Å². The second kappa shape index (κ2) is 72.4. The SMILES string of the molecule is CCCCCC/C=C\C/C=C\CCCCCCCCCC(=O)OC(COC(=O)CCCCCCCCCCCCCCCC)COC(=O)CCCCCCCCCCCCCCCCCCCCCCCCCCCCCCCCCCC. The number of carbonyl (C=O) groups is 3. The van der Waals surface area contributed by atoms with Crippen molar-refractivity contribution in [3.8, 4) is 0 Å². The van der Waals surface area contributed by atoms with Crippen LogP contribution in [-0.2, 0) is 28.6 Å².